The number of methoxy groups -OCH3 is 1. The van der Waals surface area contributed by atoms with Crippen molar-refractivity contribution in [1.82, 2.24) is 0 Å². The summed E-state index contributed by atoms with van der Waals surface area (Å²) in [6.45, 7) is 4.96. The summed E-state index contributed by atoms with van der Waals surface area (Å²) in [5.41, 5.74) is 0.780. The number of benzene rings is 1. The molecule has 1 unspecified atom stereocenters. The van der Waals surface area contributed by atoms with Crippen LogP contribution in [0.1, 0.15) is 25.0 Å². The molecule has 0 saturated heterocycles. The van der Waals surface area contributed by atoms with Crippen LogP contribution in [0.25, 0.3) is 0 Å². The third-order valence-corrected chi connectivity index (χ3v) is 2.31. The van der Waals surface area contributed by atoms with Gasteiger partial charge in [0.1, 0.15) is 24.1 Å². The maximum atomic E-state index is 11.4. The van der Waals surface area contributed by atoms with Gasteiger partial charge >= 0.3 is 5.97 Å². The van der Waals surface area contributed by atoms with Crippen molar-refractivity contribution >= 4 is 11.8 Å². The second-order valence-corrected chi connectivity index (χ2v) is 3.80. The van der Waals surface area contributed by atoms with Crippen molar-refractivity contribution < 1.29 is 19.1 Å². The maximum Gasteiger partial charge on any atom is 0.314 e. The number of carbonyl (C=O) groups is 2. The Morgan fingerprint density at radius 1 is 1.33 bits per heavy atom. The second-order valence-electron chi connectivity index (χ2n) is 3.80. The van der Waals surface area contributed by atoms with Gasteiger partial charge in [0.15, 0.2) is 0 Å². The van der Waals surface area contributed by atoms with Crippen molar-refractivity contribution in [2.24, 2.45) is 0 Å². The summed E-state index contributed by atoms with van der Waals surface area (Å²) in [6, 6.07) is 7.10. The summed E-state index contributed by atoms with van der Waals surface area (Å²) >= 11 is 0. The van der Waals surface area contributed by atoms with E-state index in [-0.39, 0.29) is 12.2 Å². The lowest BCUT2D eigenvalue weighted by atomic mass is 10.1. The molecule has 1 atom stereocenters. The molecule has 4 heteroatoms. The molecule has 0 heterocycles. The van der Waals surface area contributed by atoms with Gasteiger partial charge in [-0.25, -0.2) is 0 Å². The zero-order valence-electron chi connectivity index (χ0n) is 10.5. The van der Waals surface area contributed by atoms with Gasteiger partial charge in [-0.1, -0.05) is 18.7 Å². The van der Waals surface area contributed by atoms with E-state index in [2.05, 4.69) is 6.58 Å². The monoisotopic (exact) mass is 248 g/mol. The summed E-state index contributed by atoms with van der Waals surface area (Å²) in [7, 11) is 1.58. The minimum Gasteiger partial charge on any atom is -0.497 e. The third-order valence-electron chi connectivity index (χ3n) is 2.31. The Kier molecular flexibility index (Phi) is 5.11. The van der Waals surface area contributed by atoms with E-state index in [0.717, 1.165) is 11.3 Å². The number of hydrogen-bond donors (Lipinski definition) is 0. The molecule has 1 aromatic carbocycles. The molecule has 0 bridgehead atoms. The SMILES string of the molecule is C=CC(OC(=O)CC(C)=O)c1ccc(OC)cc1. The van der Waals surface area contributed by atoms with Crippen molar-refractivity contribution in [1.29, 1.82) is 0 Å². The first kappa shape index (κ1) is 14.0. The minimum absolute atomic E-state index is 0.222. The topological polar surface area (TPSA) is 52.6 Å². The molecule has 0 N–H and O–H groups in total. The number of carbonyl (C=O) groups excluding carboxylic acids is 2. The van der Waals surface area contributed by atoms with Crippen LogP contribution >= 0.6 is 0 Å². The zero-order chi connectivity index (χ0) is 13.5. The van der Waals surface area contributed by atoms with Crippen molar-refractivity contribution in [3.63, 3.8) is 0 Å². The Morgan fingerprint density at radius 2 is 1.94 bits per heavy atom. The third kappa shape index (κ3) is 4.05. The molecule has 0 aliphatic carbocycles. The molecule has 1 rings (SSSR count). The molecule has 0 amide bonds. The highest BCUT2D eigenvalue weighted by Crippen LogP contribution is 2.22. The normalized spacial score (nSPS) is 11.4. The van der Waals surface area contributed by atoms with Crippen molar-refractivity contribution in [3.8, 4) is 5.75 Å². The molecule has 0 aromatic heterocycles. The molecule has 0 fully saturated rings. The highest BCUT2D eigenvalue weighted by Gasteiger charge is 2.14. The number of Topliss-reactive ketones (excluding diaryl/α,β-unsaturated/α-hetero) is 1. The molecule has 4 nitrogen and oxygen atoms in total. The lowest BCUT2D eigenvalue weighted by Gasteiger charge is -2.14. The van der Waals surface area contributed by atoms with E-state index < -0.39 is 12.1 Å². The van der Waals surface area contributed by atoms with Gasteiger partial charge in [0.2, 0.25) is 0 Å². The largest absolute Gasteiger partial charge is 0.497 e. The quantitative estimate of drug-likeness (QED) is 0.441. The summed E-state index contributed by atoms with van der Waals surface area (Å²) < 4.78 is 10.2. The van der Waals surface area contributed by atoms with Gasteiger partial charge in [-0.2, -0.15) is 0 Å². The molecule has 0 radical (unpaired) electrons. The van der Waals surface area contributed by atoms with Crippen LogP contribution in [0.5, 0.6) is 5.75 Å². The number of rotatable bonds is 6. The van der Waals surface area contributed by atoms with Crippen molar-refractivity contribution in [2.45, 2.75) is 19.4 Å². The maximum absolute atomic E-state index is 11.4. The van der Waals surface area contributed by atoms with E-state index in [1.165, 1.54) is 13.0 Å². The predicted octanol–water partition coefficient (Wildman–Crippen LogP) is 2.44. The fraction of sp³-hybridized carbons (Fsp3) is 0.286. The Labute approximate surface area is 106 Å². The van der Waals surface area contributed by atoms with E-state index in [1.54, 1.807) is 31.4 Å². The molecule has 0 aliphatic heterocycles. The summed E-state index contributed by atoms with van der Waals surface area (Å²) in [5.74, 6) is -0.0580. The van der Waals surface area contributed by atoms with Gasteiger partial charge in [-0.15, -0.1) is 0 Å². The standard InChI is InChI=1S/C14H16O4/c1-4-13(18-14(16)9-10(2)15)11-5-7-12(17-3)8-6-11/h4-8,13H,1,9H2,2-3H3. The van der Waals surface area contributed by atoms with Crippen molar-refractivity contribution in [3.05, 3.63) is 42.5 Å². The molecule has 0 aliphatic rings. The Morgan fingerprint density at radius 3 is 2.39 bits per heavy atom. The lowest BCUT2D eigenvalue weighted by molar-refractivity contribution is -0.148. The smallest absolute Gasteiger partial charge is 0.314 e. The Balaban J connectivity index is 2.73. The summed E-state index contributed by atoms with van der Waals surface area (Å²) in [5, 5.41) is 0. The second kappa shape index (κ2) is 6.59. The van der Waals surface area contributed by atoms with Crippen LogP contribution in [-0.2, 0) is 14.3 Å². The van der Waals surface area contributed by atoms with E-state index >= 15 is 0 Å². The van der Waals surface area contributed by atoms with Gasteiger partial charge in [0.05, 0.1) is 7.11 Å². The molecule has 18 heavy (non-hydrogen) atoms. The fourth-order valence-electron chi connectivity index (χ4n) is 1.43. The fourth-order valence-corrected chi connectivity index (χ4v) is 1.43. The summed E-state index contributed by atoms with van der Waals surface area (Å²) in [4.78, 5) is 22.2. The molecule has 0 saturated carbocycles. The number of ketones is 1. The average Bonchev–Trinajstić information content (AvgIpc) is 2.35. The first-order valence-electron chi connectivity index (χ1n) is 5.52. The van der Waals surface area contributed by atoms with Crippen LogP contribution in [0.15, 0.2) is 36.9 Å². The van der Waals surface area contributed by atoms with Crippen molar-refractivity contribution in [2.75, 3.05) is 7.11 Å². The predicted molar refractivity (Wildman–Crippen MR) is 67.3 cm³/mol. The van der Waals surface area contributed by atoms with E-state index in [9.17, 15) is 9.59 Å². The molecular weight excluding hydrogens is 232 g/mol. The van der Waals surface area contributed by atoms with Crippen LogP contribution in [0, 0.1) is 0 Å². The van der Waals surface area contributed by atoms with Gasteiger partial charge in [-0.3, -0.25) is 9.59 Å². The lowest BCUT2D eigenvalue weighted by Crippen LogP contribution is -2.12. The average molecular weight is 248 g/mol. The Hall–Kier alpha value is -2.10. The van der Waals surface area contributed by atoms with Crippen LogP contribution in [-0.4, -0.2) is 18.9 Å². The molecular formula is C14H16O4. The van der Waals surface area contributed by atoms with E-state index in [0.29, 0.717) is 0 Å². The van der Waals surface area contributed by atoms with Crippen LogP contribution < -0.4 is 4.74 Å². The minimum atomic E-state index is -0.553. The van der Waals surface area contributed by atoms with Crippen LogP contribution in [0.2, 0.25) is 0 Å². The Bertz CT molecular complexity index is 434. The van der Waals surface area contributed by atoms with Crippen LogP contribution in [0.3, 0.4) is 0 Å². The highest BCUT2D eigenvalue weighted by atomic mass is 16.5. The number of ether oxygens (including phenoxy) is 2. The summed E-state index contributed by atoms with van der Waals surface area (Å²) in [6.07, 6.45) is 0.739. The zero-order valence-corrected chi connectivity index (χ0v) is 10.5. The van der Waals surface area contributed by atoms with E-state index in [4.69, 9.17) is 9.47 Å². The number of esters is 1. The van der Waals surface area contributed by atoms with Crippen LogP contribution in [0.4, 0.5) is 0 Å². The highest BCUT2D eigenvalue weighted by molar-refractivity contribution is 5.94. The van der Waals surface area contributed by atoms with E-state index in [1.807, 2.05) is 0 Å². The number of hydrogen-bond acceptors (Lipinski definition) is 4. The van der Waals surface area contributed by atoms with Gasteiger partial charge < -0.3 is 9.47 Å². The first-order valence-corrected chi connectivity index (χ1v) is 5.52. The van der Waals surface area contributed by atoms with Gasteiger partial charge in [0.25, 0.3) is 0 Å². The molecule has 0 spiro atoms. The van der Waals surface area contributed by atoms with Gasteiger partial charge in [0, 0.05) is 0 Å². The van der Waals surface area contributed by atoms with Gasteiger partial charge in [-0.05, 0) is 30.7 Å². The first-order chi connectivity index (χ1) is 8.56. The molecule has 96 valence electrons. The molecule has 1 aromatic rings.